The Labute approximate surface area is 617 Å². The van der Waals surface area contributed by atoms with Gasteiger partial charge in [-0.15, -0.1) is 0 Å². The van der Waals surface area contributed by atoms with Crippen molar-refractivity contribution in [3.8, 4) is 0 Å². The Balaban J connectivity index is 1.70. The molecule has 2 saturated heterocycles. The molecule has 12 amide bonds. The molecule has 3 saturated carbocycles. The van der Waals surface area contributed by atoms with Gasteiger partial charge in [-0.2, -0.15) is 0 Å². The number of rotatable bonds is 18. The van der Waals surface area contributed by atoms with Gasteiger partial charge in [0.05, 0.1) is 19.1 Å². The molecule has 25 heteroatoms. The summed E-state index contributed by atoms with van der Waals surface area (Å²) in [5.74, 6) is -8.72. The van der Waals surface area contributed by atoms with Crippen LogP contribution in [-0.4, -0.2) is 239 Å². The van der Waals surface area contributed by atoms with Gasteiger partial charge in [-0.3, -0.25) is 57.5 Å². The molecule has 0 unspecified atom stereocenters. The molecule has 0 aromatic carbocycles. The van der Waals surface area contributed by atoms with Crippen LogP contribution in [0.3, 0.4) is 0 Å². The van der Waals surface area contributed by atoms with Crippen LogP contribution in [0.4, 0.5) is 0 Å². The van der Waals surface area contributed by atoms with Crippen LogP contribution in [0, 0.1) is 47.3 Å². The lowest BCUT2D eigenvalue weighted by atomic mass is 9.83. The van der Waals surface area contributed by atoms with E-state index in [1.807, 2.05) is 69.2 Å². The number of likely N-dealkylation sites (tertiary alicyclic amines) is 1. The lowest BCUT2D eigenvalue weighted by molar-refractivity contribution is -0.151. The Kier molecular flexibility index (Phi) is 35.6. The van der Waals surface area contributed by atoms with Crippen LogP contribution in [0.1, 0.15) is 250 Å². The minimum Gasteiger partial charge on any atom is -0.391 e. The zero-order valence-corrected chi connectivity index (χ0v) is 66.2. The smallest absolute Gasteiger partial charge is 0.248 e. The largest absolute Gasteiger partial charge is 0.391 e. The molecule has 5 fully saturated rings. The number of carbonyl (C=O) groups excluding carboxylic acids is 12. The van der Waals surface area contributed by atoms with Crippen LogP contribution >= 0.6 is 0 Å². The molecule has 2 aliphatic heterocycles. The van der Waals surface area contributed by atoms with Gasteiger partial charge < -0.3 is 66.0 Å². The van der Waals surface area contributed by atoms with Crippen molar-refractivity contribution in [3.05, 3.63) is 0 Å². The van der Waals surface area contributed by atoms with Crippen molar-refractivity contribution in [2.45, 2.75) is 316 Å². The number of nitrogens with zero attached hydrogens (tertiary/aromatic N) is 7. The van der Waals surface area contributed by atoms with Gasteiger partial charge in [0.1, 0.15) is 60.4 Å². The number of nitrogens with one attached hydrogen (secondary N) is 5. The molecule has 5 aliphatic rings. The minimum absolute atomic E-state index is 0.00536. The fraction of sp³-hybridized carbons (Fsp3) is 0.846. The summed E-state index contributed by atoms with van der Waals surface area (Å²) in [6, 6.07) is -12.5. The molecule has 0 radical (unpaired) electrons. The fourth-order valence-electron chi connectivity index (χ4n) is 16.1. The van der Waals surface area contributed by atoms with Crippen molar-refractivity contribution in [1.29, 1.82) is 0 Å². The van der Waals surface area contributed by atoms with Crippen molar-refractivity contribution in [3.63, 3.8) is 0 Å². The van der Waals surface area contributed by atoms with Crippen molar-refractivity contribution in [2.24, 2.45) is 47.3 Å². The second kappa shape index (κ2) is 42.1. The normalized spacial score (nSPS) is 28.2. The van der Waals surface area contributed by atoms with E-state index in [0.29, 0.717) is 32.4 Å². The van der Waals surface area contributed by atoms with Crippen LogP contribution < -0.4 is 26.6 Å². The maximum atomic E-state index is 15.7. The second-order valence-corrected chi connectivity index (χ2v) is 33.2. The molecular weight excluding hydrogens is 1310 g/mol. The number of likely N-dealkylation sites (N-methyl/N-ethyl adjacent to an activating group) is 6. The van der Waals surface area contributed by atoms with Crippen molar-refractivity contribution < 1.29 is 62.6 Å². The summed E-state index contributed by atoms with van der Waals surface area (Å²) in [4.78, 5) is 191. The predicted molar refractivity (Wildman–Crippen MR) is 398 cm³/mol. The fourth-order valence-corrected chi connectivity index (χ4v) is 16.1. The maximum absolute atomic E-state index is 15.7. The molecule has 5 rings (SSSR count). The highest BCUT2D eigenvalue weighted by Gasteiger charge is 2.45. The molecule has 12 atom stereocenters. The first-order chi connectivity index (χ1) is 48.6. The van der Waals surface area contributed by atoms with Gasteiger partial charge in [-0.05, 0) is 118 Å². The van der Waals surface area contributed by atoms with E-state index in [9.17, 15) is 24.3 Å². The summed E-state index contributed by atoms with van der Waals surface area (Å²) < 4.78 is 0. The lowest BCUT2D eigenvalue weighted by Crippen LogP contribution is -2.62. The third-order valence-corrected chi connectivity index (χ3v) is 22.8. The summed E-state index contributed by atoms with van der Waals surface area (Å²) in [6.45, 7) is 20.4. The van der Waals surface area contributed by atoms with Crippen LogP contribution in [-0.2, 0) is 57.5 Å². The van der Waals surface area contributed by atoms with E-state index >= 15 is 38.4 Å². The van der Waals surface area contributed by atoms with E-state index in [2.05, 4.69) is 26.6 Å². The van der Waals surface area contributed by atoms with Gasteiger partial charge in [0, 0.05) is 55.4 Å². The molecule has 103 heavy (non-hydrogen) atoms. The molecule has 0 aromatic rings. The first-order valence-corrected chi connectivity index (χ1v) is 39.6. The van der Waals surface area contributed by atoms with Crippen molar-refractivity contribution in [2.75, 3.05) is 61.9 Å². The van der Waals surface area contributed by atoms with Crippen molar-refractivity contribution in [1.82, 2.24) is 60.9 Å². The zero-order valence-electron chi connectivity index (χ0n) is 66.2. The Morgan fingerprint density at radius 3 is 1.21 bits per heavy atom. The van der Waals surface area contributed by atoms with Gasteiger partial charge in [-0.25, -0.2) is 0 Å². The predicted octanol–water partition coefficient (Wildman–Crippen LogP) is 6.94. The van der Waals surface area contributed by atoms with Gasteiger partial charge in [0.25, 0.3) is 0 Å². The molecule has 0 aromatic heterocycles. The molecular formula is C78H136N12O13. The maximum Gasteiger partial charge on any atom is 0.248 e. The number of hydrogen-bond donors (Lipinski definition) is 6. The Hall–Kier alpha value is -6.40. The minimum atomic E-state index is -1.61. The molecule has 586 valence electrons. The highest BCUT2D eigenvalue weighted by atomic mass is 16.3. The van der Waals surface area contributed by atoms with Gasteiger partial charge in [0.2, 0.25) is 70.9 Å². The quantitative estimate of drug-likeness (QED) is 0.0811. The standard InChI is InChI=1S/C78H136N12O13/c1-18-52(10)67-78(103)89(17)64(45-56-35-27-21-28-36-56)76(101)88(16)61(42-51(8)9)69(94)81-59(75(100)90-37-29-22-30-38-90)46-65(92)79-57(39-48(2)3)73(98)86(14)62(43-54-31-23-19-24-32-54)70(95)80-58(40-49(4)5)74(99)87(15)63(44-55-33-25-20-26-34-55)72(97)83-68(53(11)91)77(102)84(12)47-66(93)85(13)60(41-50(6)7)71(96)82-67/h48-64,67-68,91H,18-47H2,1-17H3,(H,79,92)(H,80,95)(H,81,94)(H,82,96)(H,83,97)/t52-,53+,57+,58-,59-,60-,61-,62-,63-,64-,67-,68-/m0/s1. The third kappa shape index (κ3) is 26.0. The van der Waals surface area contributed by atoms with E-state index in [1.54, 1.807) is 4.90 Å². The van der Waals surface area contributed by atoms with Crippen LogP contribution in [0.15, 0.2) is 0 Å². The third-order valence-electron chi connectivity index (χ3n) is 22.8. The van der Waals surface area contributed by atoms with Crippen LogP contribution in [0.25, 0.3) is 0 Å². The number of carbonyl (C=O) groups is 12. The zero-order chi connectivity index (χ0) is 76.7. The number of amides is 12. The van der Waals surface area contributed by atoms with E-state index in [4.69, 9.17) is 0 Å². The van der Waals surface area contributed by atoms with Gasteiger partial charge in [-0.1, -0.05) is 172 Å². The monoisotopic (exact) mass is 1450 g/mol. The molecule has 2 heterocycles. The highest BCUT2D eigenvalue weighted by molar-refractivity contribution is 6.00. The Morgan fingerprint density at radius 2 is 0.777 bits per heavy atom. The second-order valence-electron chi connectivity index (χ2n) is 33.2. The Bertz CT molecular complexity index is 2810. The van der Waals surface area contributed by atoms with E-state index < -0.39 is 156 Å². The molecule has 25 nitrogen and oxygen atoms in total. The van der Waals surface area contributed by atoms with E-state index in [0.717, 1.165) is 108 Å². The summed E-state index contributed by atoms with van der Waals surface area (Å²) in [5, 5.41) is 26.1. The molecule has 6 N–H and O–H groups in total. The first-order valence-electron chi connectivity index (χ1n) is 39.6. The summed E-state index contributed by atoms with van der Waals surface area (Å²) in [5.41, 5.74) is 0. The summed E-state index contributed by atoms with van der Waals surface area (Å²) >= 11 is 0. The average molecular weight is 1450 g/mol. The van der Waals surface area contributed by atoms with Gasteiger partial charge in [0.15, 0.2) is 0 Å². The van der Waals surface area contributed by atoms with E-state index in [-0.39, 0.29) is 86.4 Å². The van der Waals surface area contributed by atoms with Gasteiger partial charge >= 0.3 is 0 Å². The number of aliphatic hydroxyl groups is 1. The van der Waals surface area contributed by atoms with Crippen molar-refractivity contribution >= 4 is 70.9 Å². The Morgan fingerprint density at radius 1 is 0.408 bits per heavy atom. The molecule has 0 bridgehead atoms. The summed E-state index contributed by atoms with van der Waals surface area (Å²) in [7, 11) is 8.87. The summed E-state index contributed by atoms with van der Waals surface area (Å²) in [6.07, 6.45) is 15.3. The topological polar surface area (TPSA) is 308 Å². The van der Waals surface area contributed by atoms with Crippen LogP contribution in [0.2, 0.25) is 0 Å². The SMILES string of the molecule is CC[C@H](C)[C@@H]1NC(=O)[C@H](CC(C)C)N(C)C(=O)CN(C)C(=O)[C@H]([C@@H](C)O)NC(=O)[C@H](CC2CCCCC2)N(C)C(=O)[C@H](CC(C)C)NC(=O)[C@H](CC2CCCCC2)N(C)C(=O)[C@@H](CC(C)C)NC(=O)C[C@@H](C(=O)N2CCCCC2)NC(=O)[C@H](CC(C)C)N(C)C(=O)[C@H](CC2CCCCC2)N(C)C1=O. The number of hydrogen-bond acceptors (Lipinski definition) is 13. The highest BCUT2D eigenvalue weighted by Crippen LogP contribution is 2.34. The first kappa shape index (κ1) is 87.2. The average Bonchev–Trinajstić information content (AvgIpc) is 0.824. The van der Waals surface area contributed by atoms with E-state index in [1.165, 1.54) is 73.7 Å². The lowest BCUT2D eigenvalue weighted by Gasteiger charge is -2.39. The number of aliphatic hydroxyl groups excluding tert-OH is 1. The number of piperidine rings is 1. The van der Waals surface area contributed by atoms with Crippen LogP contribution in [0.5, 0.6) is 0 Å². The molecule has 3 aliphatic carbocycles. The molecule has 0 spiro atoms.